The van der Waals surface area contributed by atoms with Crippen LogP contribution in [0.4, 0.5) is 0 Å². The van der Waals surface area contributed by atoms with E-state index < -0.39 is 5.91 Å². The summed E-state index contributed by atoms with van der Waals surface area (Å²) >= 11 is 7.29. The number of nitrogens with two attached hydrogens (primary N) is 1. The lowest BCUT2D eigenvalue weighted by atomic mass is 10.2. The Labute approximate surface area is 129 Å². The molecule has 2 rings (SSSR count). The van der Waals surface area contributed by atoms with Crippen molar-refractivity contribution in [2.75, 3.05) is 12.4 Å². The molecule has 0 bridgehead atoms. The minimum Gasteiger partial charge on any atom is -0.482 e. The van der Waals surface area contributed by atoms with E-state index in [1.165, 1.54) is 18.0 Å². The summed E-state index contributed by atoms with van der Waals surface area (Å²) < 4.78 is 5.12. The van der Waals surface area contributed by atoms with E-state index in [1.807, 2.05) is 0 Å². The first-order valence-corrected chi connectivity index (χ1v) is 7.15. The number of thioether (sulfide) groups is 1. The van der Waals surface area contributed by atoms with E-state index >= 15 is 0 Å². The summed E-state index contributed by atoms with van der Waals surface area (Å²) in [5.74, 6) is 0.0423. The fraction of sp³-hybridized carbons (Fsp3) is 0.167. The number of rotatable bonds is 5. The number of halogens is 1. The molecule has 3 N–H and O–H groups in total. The lowest BCUT2D eigenvalue weighted by Gasteiger charge is -2.05. The molecule has 0 unspecified atom stereocenters. The van der Waals surface area contributed by atoms with Gasteiger partial charge in [-0.05, 0) is 23.8 Å². The van der Waals surface area contributed by atoms with Gasteiger partial charge in [0.15, 0.2) is 11.8 Å². The number of carbonyl (C=O) groups is 2. The third-order valence-electron chi connectivity index (χ3n) is 2.27. The molecule has 2 amide bonds. The SMILES string of the molecule is NC(=O)COc1ccc(C=NN=C2NC(=O)CS2)cc1Cl. The first-order valence-electron chi connectivity index (χ1n) is 5.79. The number of primary amides is 1. The summed E-state index contributed by atoms with van der Waals surface area (Å²) in [7, 11) is 0. The van der Waals surface area contributed by atoms with E-state index in [1.54, 1.807) is 18.2 Å². The van der Waals surface area contributed by atoms with Crippen molar-refractivity contribution in [2.45, 2.75) is 0 Å². The van der Waals surface area contributed by atoms with Crippen LogP contribution < -0.4 is 15.8 Å². The van der Waals surface area contributed by atoms with Gasteiger partial charge in [0.1, 0.15) is 5.75 Å². The van der Waals surface area contributed by atoms with Crippen molar-refractivity contribution < 1.29 is 14.3 Å². The Morgan fingerprint density at radius 2 is 2.38 bits per heavy atom. The Hall–Kier alpha value is -2.06. The fourth-order valence-electron chi connectivity index (χ4n) is 1.39. The summed E-state index contributed by atoms with van der Waals surface area (Å²) in [6.07, 6.45) is 1.49. The first-order chi connectivity index (χ1) is 10.0. The van der Waals surface area contributed by atoms with Gasteiger partial charge in [-0.1, -0.05) is 23.4 Å². The zero-order valence-electron chi connectivity index (χ0n) is 10.7. The van der Waals surface area contributed by atoms with Crippen LogP contribution in [-0.4, -0.2) is 35.6 Å². The molecule has 1 aliphatic rings. The minimum atomic E-state index is -0.580. The lowest BCUT2D eigenvalue weighted by molar-refractivity contribution is -0.120. The third kappa shape index (κ3) is 4.76. The molecule has 1 aromatic rings. The molecular weight excluding hydrogens is 316 g/mol. The molecule has 0 spiro atoms. The molecular formula is C12H11ClN4O3S. The van der Waals surface area contributed by atoms with Crippen LogP contribution in [0.5, 0.6) is 5.75 Å². The molecule has 0 aliphatic carbocycles. The summed E-state index contributed by atoms with van der Waals surface area (Å²) in [5, 5.41) is 11.1. The average molecular weight is 327 g/mol. The van der Waals surface area contributed by atoms with Gasteiger partial charge in [0, 0.05) is 0 Å². The highest BCUT2D eigenvalue weighted by Gasteiger charge is 2.15. The molecule has 1 aromatic carbocycles. The zero-order valence-corrected chi connectivity index (χ0v) is 12.3. The lowest BCUT2D eigenvalue weighted by Crippen LogP contribution is -2.20. The maximum absolute atomic E-state index is 10.9. The standard InChI is InChI=1S/C12H11ClN4O3S/c13-8-3-7(1-2-9(8)20-5-10(14)18)4-15-17-12-16-11(19)6-21-12/h1-4H,5-6H2,(H2,14,18)(H,16,17,19). The van der Waals surface area contributed by atoms with E-state index in [0.29, 0.717) is 27.3 Å². The third-order valence-corrected chi connectivity index (χ3v) is 3.43. The number of hydrogen-bond acceptors (Lipinski definition) is 6. The molecule has 0 radical (unpaired) electrons. The van der Waals surface area contributed by atoms with Gasteiger partial charge in [0.2, 0.25) is 5.91 Å². The largest absolute Gasteiger partial charge is 0.482 e. The van der Waals surface area contributed by atoms with Crippen molar-refractivity contribution in [1.29, 1.82) is 0 Å². The second-order valence-electron chi connectivity index (χ2n) is 3.93. The van der Waals surface area contributed by atoms with Gasteiger partial charge in [0.25, 0.3) is 5.91 Å². The van der Waals surface area contributed by atoms with Gasteiger partial charge in [-0.2, -0.15) is 5.10 Å². The number of amides is 2. The van der Waals surface area contributed by atoms with E-state index in [-0.39, 0.29) is 12.5 Å². The molecule has 1 heterocycles. The van der Waals surface area contributed by atoms with Crippen molar-refractivity contribution in [2.24, 2.45) is 15.9 Å². The summed E-state index contributed by atoms with van der Waals surface area (Å²) in [6, 6.07) is 4.92. The van der Waals surface area contributed by atoms with Gasteiger partial charge in [0.05, 0.1) is 17.0 Å². The fourth-order valence-corrected chi connectivity index (χ4v) is 2.26. The number of nitrogens with one attached hydrogen (secondary N) is 1. The molecule has 0 aromatic heterocycles. The van der Waals surface area contributed by atoms with Crippen LogP contribution in [0.3, 0.4) is 0 Å². The van der Waals surface area contributed by atoms with Crippen molar-refractivity contribution in [3.8, 4) is 5.75 Å². The number of amidine groups is 1. The highest BCUT2D eigenvalue weighted by atomic mass is 35.5. The maximum Gasteiger partial charge on any atom is 0.255 e. The number of carbonyl (C=O) groups excluding carboxylic acids is 2. The normalized spacial score (nSPS) is 16.4. The Bertz CT molecular complexity index is 633. The minimum absolute atomic E-state index is 0.0899. The van der Waals surface area contributed by atoms with Crippen LogP contribution in [-0.2, 0) is 9.59 Å². The Kier molecular flexibility index (Phi) is 5.18. The van der Waals surface area contributed by atoms with Crippen LogP contribution in [0.1, 0.15) is 5.56 Å². The summed E-state index contributed by atoms with van der Waals surface area (Å²) in [6.45, 7) is -0.238. The Morgan fingerprint density at radius 3 is 3.00 bits per heavy atom. The highest BCUT2D eigenvalue weighted by molar-refractivity contribution is 8.15. The van der Waals surface area contributed by atoms with Crippen LogP contribution in [0.2, 0.25) is 5.02 Å². The second kappa shape index (κ2) is 7.09. The van der Waals surface area contributed by atoms with E-state index in [4.69, 9.17) is 22.1 Å². The van der Waals surface area contributed by atoms with E-state index in [2.05, 4.69) is 15.5 Å². The van der Waals surface area contributed by atoms with Gasteiger partial charge in [-0.15, -0.1) is 5.10 Å². The molecule has 0 atom stereocenters. The maximum atomic E-state index is 10.9. The van der Waals surface area contributed by atoms with Gasteiger partial charge < -0.3 is 15.8 Å². The van der Waals surface area contributed by atoms with Crippen LogP contribution in [0, 0.1) is 0 Å². The first kappa shape index (κ1) is 15.3. The summed E-state index contributed by atoms with van der Waals surface area (Å²) in [4.78, 5) is 21.6. The molecule has 0 saturated carbocycles. The zero-order chi connectivity index (χ0) is 15.2. The Morgan fingerprint density at radius 1 is 1.57 bits per heavy atom. The molecule has 1 aliphatic heterocycles. The topological polar surface area (TPSA) is 106 Å². The predicted molar refractivity (Wildman–Crippen MR) is 81.8 cm³/mol. The number of ether oxygens (including phenoxy) is 1. The molecule has 1 saturated heterocycles. The van der Waals surface area contributed by atoms with Gasteiger partial charge in [-0.25, -0.2) is 0 Å². The summed E-state index contributed by atoms with van der Waals surface area (Å²) in [5.41, 5.74) is 5.68. The van der Waals surface area contributed by atoms with Crippen molar-refractivity contribution >= 4 is 46.6 Å². The Balaban J connectivity index is 1.99. The molecule has 21 heavy (non-hydrogen) atoms. The van der Waals surface area contributed by atoms with Crippen molar-refractivity contribution in [1.82, 2.24) is 5.32 Å². The molecule has 110 valence electrons. The van der Waals surface area contributed by atoms with Gasteiger partial charge >= 0.3 is 0 Å². The monoisotopic (exact) mass is 326 g/mol. The molecule has 7 nitrogen and oxygen atoms in total. The predicted octanol–water partition coefficient (Wildman–Crippen LogP) is 0.757. The average Bonchev–Trinajstić information content (AvgIpc) is 2.83. The smallest absolute Gasteiger partial charge is 0.255 e. The van der Waals surface area contributed by atoms with Crippen molar-refractivity contribution in [3.05, 3.63) is 28.8 Å². The second-order valence-corrected chi connectivity index (χ2v) is 5.30. The van der Waals surface area contributed by atoms with E-state index in [0.717, 1.165) is 0 Å². The highest BCUT2D eigenvalue weighted by Crippen LogP contribution is 2.24. The number of hydrogen-bond donors (Lipinski definition) is 2. The van der Waals surface area contributed by atoms with Crippen LogP contribution in [0.15, 0.2) is 28.4 Å². The van der Waals surface area contributed by atoms with Crippen molar-refractivity contribution in [3.63, 3.8) is 0 Å². The molecule has 9 heteroatoms. The number of nitrogens with zero attached hydrogens (tertiary/aromatic N) is 2. The quantitative estimate of drug-likeness (QED) is 0.615. The van der Waals surface area contributed by atoms with Crippen LogP contribution >= 0.6 is 23.4 Å². The number of benzene rings is 1. The van der Waals surface area contributed by atoms with E-state index in [9.17, 15) is 9.59 Å². The van der Waals surface area contributed by atoms with Gasteiger partial charge in [-0.3, -0.25) is 9.59 Å². The molecule has 1 fully saturated rings. The van der Waals surface area contributed by atoms with Crippen LogP contribution in [0.25, 0.3) is 0 Å².